The van der Waals surface area contributed by atoms with Crippen LogP contribution < -0.4 is 0 Å². The molecule has 0 unspecified atom stereocenters. The van der Waals surface area contributed by atoms with Crippen LogP contribution in [0.1, 0.15) is 12.8 Å². The summed E-state index contributed by atoms with van der Waals surface area (Å²) in [5.74, 6) is 0. The Morgan fingerprint density at radius 1 is 1.67 bits per heavy atom. The third-order valence-electron chi connectivity index (χ3n) is 1.88. The number of aliphatic hydroxyl groups excluding tert-OH is 1. The van der Waals surface area contributed by atoms with Crippen LogP contribution >= 0.6 is 0 Å². The average Bonchev–Trinajstić information content (AvgIpc) is 2.14. The summed E-state index contributed by atoms with van der Waals surface area (Å²) in [6.07, 6.45) is 2.43. The molecule has 0 aliphatic carbocycles. The molecule has 0 spiro atoms. The molecule has 3 heteroatoms. The Hall–Kier alpha value is -1.08. The summed E-state index contributed by atoms with van der Waals surface area (Å²) >= 11 is 0. The van der Waals surface area contributed by atoms with E-state index in [1.54, 1.807) is 0 Å². The van der Waals surface area contributed by atoms with Gasteiger partial charge in [0.2, 0.25) is 0 Å². The monoisotopic (exact) mass is 382 g/mol. The summed E-state index contributed by atoms with van der Waals surface area (Å²) in [6, 6.07) is 0.454. The maximum atomic E-state index is 8.69. The van der Waals surface area contributed by atoms with Gasteiger partial charge in [-0.1, -0.05) is 0 Å². The number of aliphatic hydroxyl groups is 1. The van der Waals surface area contributed by atoms with Gasteiger partial charge in [0.05, 0.1) is 6.61 Å². The van der Waals surface area contributed by atoms with Crippen LogP contribution in [0.5, 0.6) is 0 Å². The molecule has 1 heterocycles. The second-order valence-electron chi connectivity index (χ2n) is 2.46. The maximum absolute atomic E-state index is 8.69. The molecule has 1 aliphatic heterocycles. The standard InChI is InChI=1S/C6H13NO.Rf/c1-7-4-2-3-6(7)5-8;/h6,8H,2-5H2,1H3;/t6-;/m0./s1. The van der Waals surface area contributed by atoms with Crippen molar-refractivity contribution in [2.24, 2.45) is 0 Å². The van der Waals surface area contributed by atoms with Gasteiger partial charge in [0.25, 0.3) is 0 Å². The molecule has 1 rings (SSSR count). The van der Waals surface area contributed by atoms with Gasteiger partial charge in [-0.2, -0.15) is 0 Å². The second-order valence-corrected chi connectivity index (χ2v) is 2.46. The molecule has 1 aliphatic rings. The van der Waals surface area contributed by atoms with Crippen molar-refractivity contribution in [3.05, 3.63) is 0 Å². The van der Waals surface area contributed by atoms with Crippen molar-refractivity contribution in [3.8, 4) is 0 Å². The fourth-order valence-corrected chi connectivity index (χ4v) is 1.21. The number of hydrogen-bond donors (Lipinski definition) is 1. The van der Waals surface area contributed by atoms with Gasteiger partial charge in [0, 0.05) is 6.04 Å². The first-order valence-corrected chi connectivity index (χ1v) is 3.15. The van der Waals surface area contributed by atoms with Crippen LogP contribution in [-0.2, 0) is 0 Å². The average molecular weight is 382 g/mol. The number of nitrogens with zero attached hydrogens (tertiary/aromatic N) is 1. The van der Waals surface area contributed by atoms with E-state index in [-0.39, 0.29) is 0 Å². The van der Waals surface area contributed by atoms with Crippen molar-refractivity contribution in [1.82, 2.24) is 4.90 Å². The summed E-state index contributed by atoms with van der Waals surface area (Å²) in [6.45, 7) is 1.49. The van der Waals surface area contributed by atoms with Gasteiger partial charge in [-0.3, -0.25) is 0 Å². The molecular weight excluding hydrogens is 369 g/mol. The Kier molecular flexibility index (Phi) is 2.68. The van der Waals surface area contributed by atoms with Crippen molar-refractivity contribution in [1.29, 1.82) is 0 Å². The number of rotatable bonds is 1. The van der Waals surface area contributed by atoms with Gasteiger partial charge in [-0.15, -0.1) is 0 Å². The Labute approximate surface area is 50.1 Å². The van der Waals surface area contributed by atoms with Crippen molar-refractivity contribution in [2.45, 2.75) is 18.9 Å². The predicted molar refractivity (Wildman–Crippen MR) is 32.7 cm³/mol. The third-order valence-corrected chi connectivity index (χ3v) is 1.88. The van der Waals surface area contributed by atoms with Gasteiger partial charge in [0.1, 0.15) is 0 Å². The van der Waals surface area contributed by atoms with E-state index >= 15 is 0 Å². The van der Waals surface area contributed by atoms with Crippen molar-refractivity contribution in [2.75, 3.05) is 20.2 Å². The Morgan fingerprint density at radius 3 is 2.56 bits per heavy atom. The van der Waals surface area contributed by atoms with Gasteiger partial charge in [-0.05, 0) is 26.4 Å². The molecule has 2 nitrogen and oxygen atoms in total. The normalized spacial score (nSPS) is 28.0. The number of likely N-dealkylation sites (tertiary alicyclic amines) is 1. The Morgan fingerprint density at radius 2 is 2.33 bits per heavy atom. The fraction of sp³-hybridized carbons (Fsp3) is 1.00. The molecule has 0 aromatic carbocycles. The van der Waals surface area contributed by atoms with E-state index < -0.39 is 0 Å². The van der Waals surface area contributed by atoms with E-state index in [1.165, 1.54) is 12.8 Å². The SMILES string of the molecule is CN1CCC[C@H]1CO.[Rf]. The first-order valence-electron chi connectivity index (χ1n) is 3.15. The van der Waals surface area contributed by atoms with Crippen molar-refractivity contribution >= 4 is 0 Å². The van der Waals surface area contributed by atoms with Crippen LogP contribution in [0.25, 0.3) is 0 Å². The van der Waals surface area contributed by atoms with E-state index in [9.17, 15) is 0 Å². The minimum Gasteiger partial charge on any atom is -0.395 e. The van der Waals surface area contributed by atoms with Crippen LogP contribution in [0.4, 0.5) is 0 Å². The van der Waals surface area contributed by atoms with E-state index in [0.717, 1.165) is 6.54 Å². The summed E-state index contributed by atoms with van der Waals surface area (Å²) in [5, 5.41) is 8.69. The zero-order valence-corrected chi connectivity index (χ0v) is 12.4. The molecule has 0 aromatic heterocycles. The van der Waals surface area contributed by atoms with Gasteiger partial charge < -0.3 is 10.0 Å². The molecule has 1 atom stereocenters. The number of hydrogen-bond acceptors (Lipinski definition) is 2. The fourth-order valence-electron chi connectivity index (χ4n) is 1.21. The molecule has 0 bridgehead atoms. The molecule has 1 saturated heterocycles. The summed E-state index contributed by atoms with van der Waals surface area (Å²) in [7, 11) is 2.06. The van der Waals surface area contributed by atoms with Crippen LogP contribution in [-0.4, -0.2) is 36.2 Å². The molecule has 0 saturated carbocycles. The van der Waals surface area contributed by atoms with E-state index in [0.29, 0.717) is 12.6 Å². The first-order chi connectivity index (χ1) is 3.84. The second kappa shape index (κ2) is 3.05. The largest absolute Gasteiger partial charge is 0.395 e. The maximum Gasteiger partial charge on any atom is 0.0586 e. The predicted octanol–water partition coefficient (Wildman–Crippen LogP) is 0.0729. The Balaban J connectivity index is 0.000000640. The Bertz CT molecular complexity index is 79.5. The van der Waals surface area contributed by atoms with E-state index in [4.69, 9.17) is 5.11 Å². The summed E-state index contributed by atoms with van der Waals surface area (Å²) in [5.41, 5.74) is 0. The summed E-state index contributed by atoms with van der Waals surface area (Å²) in [4.78, 5) is 2.21. The van der Waals surface area contributed by atoms with Crippen LogP contribution in [0.3, 0.4) is 0 Å². The minimum absolute atomic E-state index is 0. The van der Waals surface area contributed by atoms with E-state index in [1.807, 2.05) is 0 Å². The smallest absolute Gasteiger partial charge is 0.0586 e. The van der Waals surface area contributed by atoms with Crippen LogP contribution in [0.15, 0.2) is 0 Å². The molecule has 0 radical (unpaired) electrons. The molecule has 1 fully saturated rings. The first kappa shape index (κ1) is 7.92. The number of likely N-dealkylation sites (N-methyl/N-ethyl adjacent to an activating group) is 1. The quantitative estimate of drug-likeness (QED) is 0.694. The molecule has 0 aromatic rings. The van der Waals surface area contributed by atoms with Crippen molar-refractivity contribution < 1.29 is 5.11 Å². The van der Waals surface area contributed by atoms with E-state index in [2.05, 4.69) is 11.9 Å². The molecule has 50 valence electrons. The van der Waals surface area contributed by atoms with Crippen LogP contribution in [0, 0.1) is 0 Å². The molecule has 1 N–H and O–H groups in total. The summed E-state index contributed by atoms with van der Waals surface area (Å²) < 4.78 is 0. The molecule has 9 heavy (non-hydrogen) atoms. The van der Waals surface area contributed by atoms with Gasteiger partial charge >= 0.3 is 0 Å². The zero-order chi connectivity index (χ0) is 5.98. The zero-order valence-electron chi connectivity index (χ0n) is 6.01. The topological polar surface area (TPSA) is 23.5 Å². The molecular formula is C6H13NORf. The van der Waals surface area contributed by atoms with Crippen LogP contribution in [0.2, 0.25) is 0 Å². The minimum atomic E-state index is 0. The molecule has 0 amide bonds. The third kappa shape index (κ3) is 1.40. The van der Waals surface area contributed by atoms with Crippen molar-refractivity contribution in [3.63, 3.8) is 0 Å². The van der Waals surface area contributed by atoms with Gasteiger partial charge in [-0.25, -0.2) is 0 Å². The van der Waals surface area contributed by atoms with Gasteiger partial charge in [0.15, 0.2) is 0 Å².